The molecule has 162 valence electrons. The highest BCUT2D eigenvalue weighted by atomic mass is 16.5. The second kappa shape index (κ2) is 11.2. The van der Waals surface area contributed by atoms with Crippen molar-refractivity contribution in [2.45, 2.75) is 39.3 Å². The maximum Gasteiger partial charge on any atom is 0.261 e. The number of amides is 2. The molecule has 0 saturated heterocycles. The van der Waals surface area contributed by atoms with Gasteiger partial charge in [0.05, 0.1) is 0 Å². The van der Waals surface area contributed by atoms with Gasteiger partial charge in [-0.15, -0.1) is 0 Å². The van der Waals surface area contributed by atoms with Gasteiger partial charge >= 0.3 is 0 Å². The number of carbonyl (C=O) groups is 2. The second-order valence-corrected chi connectivity index (χ2v) is 7.49. The van der Waals surface area contributed by atoms with Crippen LogP contribution in [-0.4, -0.2) is 35.9 Å². The van der Waals surface area contributed by atoms with Crippen molar-refractivity contribution in [1.29, 1.82) is 0 Å². The van der Waals surface area contributed by atoms with Crippen LogP contribution in [0, 0.1) is 0 Å². The van der Waals surface area contributed by atoms with E-state index in [1.54, 1.807) is 4.90 Å². The molecule has 3 aromatic rings. The molecule has 1 N–H and O–H groups in total. The lowest BCUT2D eigenvalue weighted by Gasteiger charge is -2.30. The van der Waals surface area contributed by atoms with Gasteiger partial charge in [-0.25, -0.2) is 0 Å². The molecule has 5 nitrogen and oxygen atoms in total. The van der Waals surface area contributed by atoms with Crippen LogP contribution in [0.3, 0.4) is 0 Å². The standard InChI is InChI=1S/C26H30N2O3/c1-3-17-27-26(30)23(4-2)28(18-20-11-6-5-7-12-20)25(29)19-31-24-16-10-14-21-13-8-9-15-22(21)24/h5-16,23H,3-4,17-19H2,1-2H3,(H,27,30). The van der Waals surface area contributed by atoms with Crippen molar-refractivity contribution in [2.75, 3.05) is 13.2 Å². The first-order chi connectivity index (χ1) is 15.1. The van der Waals surface area contributed by atoms with Crippen LogP contribution in [0.15, 0.2) is 72.8 Å². The predicted octanol–water partition coefficient (Wildman–Crippen LogP) is 4.55. The zero-order valence-electron chi connectivity index (χ0n) is 18.2. The van der Waals surface area contributed by atoms with Crippen molar-refractivity contribution in [1.82, 2.24) is 10.2 Å². The van der Waals surface area contributed by atoms with E-state index < -0.39 is 6.04 Å². The van der Waals surface area contributed by atoms with Gasteiger partial charge in [0.15, 0.2) is 6.61 Å². The van der Waals surface area contributed by atoms with Gasteiger partial charge in [0, 0.05) is 18.5 Å². The number of nitrogens with zero attached hydrogens (tertiary/aromatic N) is 1. The van der Waals surface area contributed by atoms with E-state index in [4.69, 9.17) is 4.74 Å². The molecule has 0 spiro atoms. The predicted molar refractivity (Wildman–Crippen MR) is 124 cm³/mol. The fraction of sp³-hybridized carbons (Fsp3) is 0.308. The third-order valence-electron chi connectivity index (χ3n) is 5.23. The quantitative estimate of drug-likeness (QED) is 0.525. The summed E-state index contributed by atoms with van der Waals surface area (Å²) in [6.07, 6.45) is 1.38. The van der Waals surface area contributed by atoms with Crippen molar-refractivity contribution >= 4 is 22.6 Å². The highest BCUT2D eigenvalue weighted by Crippen LogP contribution is 2.25. The Labute approximate surface area is 184 Å². The number of hydrogen-bond donors (Lipinski definition) is 1. The van der Waals surface area contributed by atoms with Crippen LogP contribution in [0.25, 0.3) is 10.8 Å². The summed E-state index contributed by atoms with van der Waals surface area (Å²) in [5.74, 6) is 0.323. The lowest BCUT2D eigenvalue weighted by atomic mass is 10.1. The Kier molecular flexibility index (Phi) is 8.05. The molecule has 0 aliphatic rings. The third kappa shape index (κ3) is 5.85. The van der Waals surface area contributed by atoms with Crippen molar-refractivity contribution in [3.63, 3.8) is 0 Å². The average molecular weight is 419 g/mol. The fourth-order valence-electron chi connectivity index (χ4n) is 3.61. The summed E-state index contributed by atoms with van der Waals surface area (Å²) in [6, 6.07) is 22.9. The molecule has 0 bridgehead atoms. The maximum absolute atomic E-state index is 13.3. The molecule has 2 amide bonds. The van der Waals surface area contributed by atoms with Crippen molar-refractivity contribution in [2.24, 2.45) is 0 Å². The van der Waals surface area contributed by atoms with Gasteiger partial charge in [0.25, 0.3) is 5.91 Å². The maximum atomic E-state index is 13.3. The molecule has 1 unspecified atom stereocenters. The van der Waals surface area contributed by atoms with Crippen LogP contribution in [0.4, 0.5) is 0 Å². The number of nitrogens with one attached hydrogen (secondary N) is 1. The Morgan fingerprint density at radius 2 is 1.65 bits per heavy atom. The van der Waals surface area contributed by atoms with Crippen LogP contribution < -0.4 is 10.1 Å². The first kappa shape index (κ1) is 22.3. The van der Waals surface area contributed by atoms with E-state index in [1.165, 1.54) is 0 Å². The van der Waals surface area contributed by atoms with E-state index in [-0.39, 0.29) is 18.4 Å². The van der Waals surface area contributed by atoms with Gasteiger partial charge in [-0.1, -0.05) is 80.6 Å². The largest absolute Gasteiger partial charge is 0.483 e. The molecule has 3 aromatic carbocycles. The molecular weight excluding hydrogens is 388 g/mol. The van der Waals surface area contributed by atoms with Crippen molar-refractivity contribution in [3.05, 3.63) is 78.4 Å². The fourth-order valence-corrected chi connectivity index (χ4v) is 3.61. The Balaban J connectivity index is 1.79. The number of fused-ring (bicyclic) bond motifs is 1. The number of rotatable bonds is 10. The van der Waals surface area contributed by atoms with E-state index in [1.807, 2.05) is 86.6 Å². The van der Waals surface area contributed by atoms with Gasteiger partial charge in [0.2, 0.25) is 5.91 Å². The number of carbonyl (C=O) groups excluding carboxylic acids is 2. The molecule has 5 heteroatoms. The van der Waals surface area contributed by atoms with Crippen LogP contribution in [0.5, 0.6) is 5.75 Å². The minimum atomic E-state index is -0.546. The highest BCUT2D eigenvalue weighted by molar-refractivity contribution is 5.90. The molecule has 0 radical (unpaired) electrons. The summed E-state index contributed by atoms with van der Waals surface area (Å²) in [5.41, 5.74) is 0.975. The Hall–Kier alpha value is -3.34. The normalized spacial score (nSPS) is 11.7. The molecule has 1 atom stereocenters. The molecular formula is C26H30N2O3. The van der Waals surface area contributed by atoms with Crippen LogP contribution in [0.2, 0.25) is 0 Å². The zero-order valence-corrected chi connectivity index (χ0v) is 18.2. The number of hydrogen-bond acceptors (Lipinski definition) is 3. The van der Waals surface area contributed by atoms with Gasteiger partial charge in [0.1, 0.15) is 11.8 Å². The smallest absolute Gasteiger partial charge is 0.261 e. The molecule has 3 rings (SSSR count). The Morgan fingerprint density at radius 3 is 2.39 bits per heavy atom. The molecule has 0 fully saturated rings. The summed E-state index contributed by atoms with van der Waals surface area (Å²) in [6.45, 7) is 4.75. The van der Waals surface area contributed by atoms with E-state index in [0.29, 0.717) is 25.3 Å². The molecule has 0 aromatic heterocycles. The minimum absolute atomic E-state index is 0.126. The van der Waals surface area contributed by atoms with E-state index in [9.17, 15) is 9.59 Å². The van der Waals surface area contributed by atoms with Crippen LogP contribution in [-0.2, 0) is 16.1 Å². The van der Waals surface area contributed by atoms with Gasteiger partial charge in [-0.05, 0) is 29.9 Å². The molecule has 0 saturated carbocycles. The first-order valence-electron chi connectivity index (χ1n) is 10.9. The van der Waals surface area contributed by atoms with E-state index in [0.717, 1.165) is 22.8 Å². The summed E-state index contributed by atoms with van der Waals surface area (Å²) >= 11 is 0. The molecule has 0 aliphatic heterocycles. The lowest BCUT2D eigenvalue weighted by molar-refractivity contribution is -0.142. The van der Waals surface area contributed by atoms with Gasteiger partial charge in [-0.2, -0.15) is 0 Å². The summed E-state index contributed by atoms with van der Waals surface area (Å²) in [5, 5.41) is 4.94. The number of benzene rings is 3. The highest BCUT2D eigenvalue weighted by Gasteiger charge is 2.28. The zero-order chi connectivity index (χ0) is 22.1. The minimum Gasteiger partial charge on any atom is -0.483 e. The average Bonchev–Trinajstić information content (AvgIpc) is 2.81. The summed E-state index contributed by atoms with van der Waals surface area (Å²) in [7, 11) is 0. The van der Waals surface area contributed by atoms with Crippen LogP contribution >= 0.6 is 0 Å². The summed E-state index contributed by atoms with van der Waals surface area (Å²) < 4.78 is 5.93. The Morgan fingerprint density at radius 1 is 0.935 bits per heavy atom. The Bertz CT molecular complexity index is 998. The monoisotopic (exact) mass is 418 g/mol. The van der Waals surface area contributed by atoms with Gasteiger partial charge in [-0.3, -0.25) is 9.59 Å². The SMILES string of the molecule is CCCNC(=O)C(CC)N(Cc1ccccc1)C(=O)COc1cccc2ccccc12. The second-order valence-electron chi connectivity index (χ2n) is 7.49. The van der Waals surface area contributed by atoms with Crippen molar-refractivity contribution in [3.8, 4) is 5.75 Å². The summed E-state index contributed by atoms with van der Waals surface area (Å²) in [4.78, 5) is 27.7. The van der Waals surface area contributed by atoms with E-state index >= 15 is 0 Å². The first-order valence-corrected chi connectivity index (χ1v) is 10.9. The lowest BCUT2D eigenvalue weighted by Crippen LogP contribution is -2.50. The molecule has 31 heavy (non-hydrogen) atoms. The van der Waals surface area contributed by atoms with Crippen LogP contribution in [0.1, 0.15) is 32.3 Å². The third-order valence-corrected chi connectivity index (χ3v) is 5.23. The number of ether oxygens (including phenoxy) is 1. The van der Waals surface area contributed by atoms with E-state index in [2.05, 4.69) is 5.32 Å². The van der Waals surface area contributed by atoms with Crippen molar-refractivity contribution < 1.29 is 14.3 Å². The van der Waals surface area contributed by atoms with Gasteiger partial charge < -0.3 is 15.0 Å². The molecule has 0 aliphatic carbocycles. The molecule has 0 heterocycles. The topological polar surface area (TPSA) is 58.6 Å².